The van der Waals surface area contributed by atoms with E-state index in [9.17, 15) is 4.79 Å². The topological polar surface area (TPSA) is 52.6 Å². The number of carbonyl (C=O) groups is 1. The first-order valence-corrected chi connectivity index (χ1v) is 7.88. The summed E-state index contributed by atoms with van der Waals surface area (Å²) in [5.41, 5.74) is 1.24. The zero-order valence-electron chi connectivity index (χ0n) is 11.7. The Morgan fingerprint density at radius 2 is 2.10 bits per heavy atom. The van der Waals surface area contributed by atoms with Crippen molar-refractivity contribution in [3.05, 3.63) is 28.2 Å². The molecule has 1 atom stereocenters. The number of hydrogen-bond donors (Lipinski definition) is 2. The van der Waals surface area contributed by atoms with E-state index in [1.54, 1.807) is 6.07 Å². The number of carboxylic acids is 1. The first-order chi connectivity index (χ1) is 9.58. The minimum absolute atomic E-state index is 0.291. The van der Waals surface area contributed by atoms with E-state index in [1.165, 1.54) is 32.4 Å². The highest BCUT2D eigenvalue weighted by Gasteiger charge is 2.16. The van der Waals surface area contributed by atoms with Gasteiger partial charge in [0.05, 0.1) is 5.56 Å². The van der Waals surface area contributed by atoms with Crippen molar-refractivity contribution in [2.45, 2.75) is 32.2 Å². The van der Waals surface area contributed by atoms with Gasteiger partial charge in [0.2, 0.25) is 0 Å². The Kier molecular flexibility index (Phi) is 5.43. The third-order valence-electron chi connectivity index (χ3n) is 3.82. The van der Waals surface area contributed by atoms with E-state index < -0.39 is 5.97 Å². The fourth-order valence-corrected chi connectivity index (χ4v) is 3.10. The minimum Gasteiger partial charge on any atom is -0.478 e. The van der Waals surface area contributed by atoms with Gasteiger partial charge in [0.15, 0.2) is 0 Å². The average Bonchev–Trinajstić information content (AvgIpc) is 2.45. The summed E-state index contributed by atoms with van der Waals surface area (Å²) in [6.45, 7) is 5.48. The van der Waals surface area contributed by atoms with E-state index in [4.69, 9.17) is 5.11 Å². The maximum Gasteiger partial charge on any atom is 0.336 e. The lowest BCUT2D eigenvalue weighted by Crippen LogP contribution is -2.41. The summed E-state index contributed by atoms with van der Waals surface area (Å²) >= 11 is 3.30. The molecular weight excluding hydrogens is 320 g/mol. The highest BCUT2D eigenvalue weighted by molar-refractivity contribution is 9.10. The van der Waals surface area contributed by atoms with Gasteiger partial charge < -0.3 is 10.4 Å². The molecule has 1 aliphatic heterocycles. The molecule has 2 N–H and O–H groups in total. The van der Waals surface area contributed by atoms with Gasteiger partial charge in [-0.25, -0.2) is 4.79 Å². The third kappa shape index (κ3) is 3.96. The van der Waals surface area contributed by atoms with Crippen molar-refractivity contribution in [1.29, 1.82) is 0 Å². The zero-order chi connectivity index (χ0) is 14.5. The van der Waals surface area contributed by atoms with Crippen LogP contribution >= 0.6 is 15.9 Å². The molecule has 4 nitrogen and oxygen atoms in total. The van der Waals surface area contributed by atoms with Crippen LogP contribution in [-0.2, 0) is 0 Å². The number of piperidine rings is 1. The first kappa shape index (κ1) is 15.3. The van der Waals surface area contributed by atoms with Gasteiger partial charge in [-0.1, -0.05) is 6.42 Å². The van der Waals surface area contributed by atoms with Gasteiger partial charge in [0.25, 0.3) is 0 Å². The standard InChI is InChI=1S/C15H21BrN2O2/c1-11(18-7-3-2-4-8-18)10-17-12-5-6-13(15(19)20)14(16)9-12/h5-6,9,11,17H,2-4,7-8,10H2,1H3,(H,19,20). The molecule has 1 aromatic rings. The van der Waals surface area contributed by atoms with Crippen molar-refractivity contribution in [3.63, 3.8) is 0 Å². The average molecular weight is 341 g/mol. The summed E-state index contributed by atoms with van der Waals surface area (Å²) in [4.78, 5) is 13.5. The molecule has 0 amide bonds. The second kappa shape index (κ2) is 7.09. The van der Waals surface area contributed by atoms with Crippen LogP contribution in [0.2, 0.25) is 0 Å². The fraction of sp³-hybridized carbons (Fsp3) is 0.533. The molecule has 1 heterocycles. The number of nitrogens with one attached hydrogen (secondary N) is 1. The molecule has 0 radical (unpaired) electrons. The van der Waals surface area contributed by atoms with Crippen LogP contribution in [0.15, 0.2) is 22.7 Å². The summed E-state index contributed by atoms with van der Waals surface area (Å²) in [5, 5.41) is 12.4. The largest absolute Gasteiger partial charge is 0.478 e. The second-order valence-electron chi connectivity index (χ2n) is 5.33. The second-order valence-corrected chi connectivity index (χ2v) is 6.18. The van der Waals surface area contributed by atoms with Crippen LogP contribution in [0.3, 0.4) is 0 Å². The molecule has 1 unspecified atom stereocenters. The maximum atomic E-state index is 10.9. The number of aromatic carboxylic acids is 1. The minimum atomic E-state index is -0.912. The van der Waals surface area contributed by atoms with Crippen LogP contribution in [0.1, 0.15) is 36.5 Å². The number of hydrogen-bond acceptors (Lipinski definition) is 3. The molecule has 1 fully saturated rings. The molecule has 1 aromatic carbocycles. The quantitative estimate of drug-likeness (QED) is 0.862. The van der Waals surface area contributed by atoms with Gasteiger partial charge in [-0.15, -0.1) is 0 Å². The summed E-state index contributed by atoms with van der Waals surface area (Å²) in [7, 11) is 0. The number of benzene rings is 1. The van der Waals surface area contributed by atoms with Crippen LogP contribution in [0.4, 0.5) is 5.69 Å². The van der Waals surface area contributed by atoms with E-state index in [2.05, 4.69) is 33.1 Å². The Hall–Kier alpha value is -1.07. The molecule has 0 aliphatic carbocycles. The summed E-state index contributed by atoms with van der Waals surface area (Å²) < 4.78 is 0.612. The zero-order valence-corrected chi connectivity index (χ0v) is 13.3. The third-order valence-corrected chi connectivity index (χ3v) is 4.47. The number of rotatable bonds is 5. The van der Waals surface area contributed by atoms with Crippen molar-refractivity contribution in [2.75, 3.05) is 25.0 Å². The van der Waals surface area contributed by atoms with Crippen molar-refractivity contribution in [3.8, 4) is 0 Å². The van der Waals surface area contributed by atoms with Crippen molar-refractivity contribution >= 4 is 27.6 Å². The van der Waals surface area contributed by atoms with E-state index in [0.29, 0.717) is 16.1 Å². The lowest BCUT2D eigenvalue weighted by Gasteiger charge is -2.32. The Bertz CT molecular complexity index is 473. The van der Waals surface area contributed by atoms with Crippen LogP contribution in [-0.4, -0.2) is 41.7 Å². The molecule has 0 saturated carbocycles. The van der Waals surface area contributed by atoms with Crippen LogP contribution in [0.25, 0.3) is 0 Å². The summed E-state index contributed by atoms with van der Waals surface area (Å²) in [6.07, 6.45) is 3.94. The molecule has 1 saturated heterocycles. The Labute approximate surface area is 128 Å². The van der Waals surface area contributed by atoms with Crippen molar-refractivity contribution in [1.82, 2.24) is 4.90 Å². The molecule has 0 bridgehead atoms. The molecule has 5 heteroatoms. The van der Waals surface area contributed by atoms with Crippen molar-refractivity contribution < 1.29 is 9.90 Å². The van der Waals surface area contributed by atoms with Crippen LogP contribution in [0.5, 0.6) is 0 Å². The molecular formula is C15H21BrN2O2. The SMILES string of the molecule is CC(CNc1ccc(C(=O)O)c(Br)c1)N1CCCCC1. The summed E-state index contributed by atoms with van der Waals surface area (Å²) in [5.74, 6) is -0.912. The van der Waals surface area contributed by atoms with Gasteiger partial charge in [0.1, 0.15) is 0 Å². The van der Waals surface area contributed by atoms with Gasteiger partial charge in [-0.2, -0.15) is 0 Å². The molecule has 0 spiro atoms. The van der Waals surface area contributed by atoms with E-state index >= 15 is 0 Å². The normalized spacial score (nSPS) is 17.7. The lowest BCUT2D eigenvalue weighted by atomic mass is 10.1. The summed E-state index contributed by atoms with van der Waals surface area (Å²) in [6, 6.07) is 5.76. The van der Waals surface area contributed by atoms with E-state index in [-0.39, 0.29) is 0 Å². The number of anilines is 1. The Balaban J connectivity index is 1.90. The number of carboxylic acid groups (broad SMARTS) is 1. The fourth-order valence-electron chi connectivity index (χ4n) is 2.55. The number of likely N-dealkylation sites (tertiary alicyclic amines) is 1. The molecule has 0 aromatic heterocycles. The first-order valence-electron chi connectivity index (χ1n) is 7.08. The number of halogens is 1. The number of nitrogens with zero attached hydrogens (tertiary/aromatic N) is 1. The highest BCUT2D eigenvalue weighted by atomic mass is 79.9. The Morgan fingerprint density at radius 3 is 2.70 bits per heavy atom. The van der Waals surface area contributed by atoms with Crippen LogP contribution in [0, 0.1) is 0 Å². The predicted octanol–water partition coefficient (Wildman–Crippen LogP) is 3.43. The van der Waals surface area contributed by atoms with Gasteiger partial charge in [-0.05, 0) is 67.0 Å². The van der Waals surface area contributed by atoms with Gasteiger partial charge >= 0.3 is 5.97 Å². The van der Waals surface area contributed by atoms with Crippen LogP contribution < -0.4 is 5.32 Å². The monoisotopic (exact) mass is 340 g/mol. The van der Waals surface area contributed by atoms with E-state index in [1.807, 2.05) is 12.1 Å². The van der Waals surface area contributed by atoms with E-state index in [0.717, 1.165) is 12.2 Å². The van der Waals surface area contributed by atoms with Gasteiger partial charge in [0, 0.05) is 22.7 Å². The molecule has 110 valence electrons. The molecule has 20 heavy (non-hydrogen) atoms. The smallest absolute Gasteiger partial charge is 0.336 e. The molecule has 2 rings (SSSR count). The van der Waals surface area contributed by atoms with Gasteiger partial charge in [-0.3, -0.25) is 4.90 Å². The maximum absolute atomic E-state index is 10.9. The lowest BCUT2D eigenvalue weighted by molar-refractivity contribution is 0.0696. The molecule has 1 aliphatic rings. The highest BCUT2D eigenvalue weighted by Crippen LogP contribution is 2.22. The van der Waals surface area contributed by atoms with Crippen molar-refractivity contribution in [2.24, 2.45) is 0 Å². The Morgan fingerprint density at radius 1 is 1.40 bits per heavy atom. The predicted molar refractivity (Wildman–Crippen MR) is 84.5 cm³/mol.